The van der Waals surface area contributed by atoms with E-state index in [0.717, 1.165) is 16.9 Å². The summed E-state index contributed by atoms with van der Waals surface area (Å²) in [5.74, 6) is -0.703. The Morgan fingerprint density at radius 2 is 2.13 bits per heavy atom. The topological polar surface area (TPSA) is 92.7 Å². The largest absolute Gasteiger partial charge is 0.465 e. The number of nitrogens with one attached hydrogen (secondary N) is 1. The van der Waals surface area contributed by atoms with Gasteiger partial charge in [0.2, 0.25) is 10.0 Å². The van der Waals surface area contributed by atoms with E-state index in [1.807, 2.05) is 16.8 Å². The molecule has 0 saturated carbocycles. The SMILES string of the molecule is COC(=O)c1sccc1S(=O)(=O)NCC(C)(O)Cc1ccsc1. The summed E-state index contributed by atoms with van der Waals surface area (Å²) in [4.78, 5) is 11.5. The molecule has 0 aliphatic carbocycles. The molecule has 2 heterocycles. The number of esters is 1. The second kappa shape index (κ2) is 7.10. The number of thiophene rings is 2. The molecule has 126 valence electrons. The van der Waals surface area contributed by atoms with Crippen molar-refractivity contribution in [3.8, 4) is 0 Å². The number of carbonyl (C=O) groups excluding carboxylic acids is 1. The highest BCUT2D eigenvalue weighted by Crippen LogP contribution is 2.23. The van der Waals surface area contributed by atoms with Crippen LogP contribution in [-0.4, -0.2) is 38.7 Å². The Bertz CT molecular complexity index is 762. The molecule has 2 rings (SSSR count). The second-order valence-electron chi connectivity index (χ2n) is 5.24. The second-order valence-corrected chi connectivity index (χ2v) is 8.67. The molecule has 1 atom stereocenters. The van der Waals surface area contributed by atoms with Gasteiger partial charge in [0.1, 0.15) is 9.77 Å². The van der Waals surface area contributed by atoms with E-state index in [1.165, 1.54) is 29.9 Å². The summed E-state index contributed by atoms with van der Waals surface area (Å²) in [6.07, 6.45) is 0.326. The van der Waals surface area contributed by atoms with Gasteiger partial charge in [-0.3, -0.25) is 0 Å². The molecule has 1 unspecified atom stereocenters. The Kier molecular flexibility index (Phi) is 5.58. The minimum Gasteiger partial charge on any atom is -0.465 e. The minimum absolute atomic E-state index is 0.0116. The van der Waals surface area contributed by atoms with Crippen LogP contribution < -0.4 is 4.72 Å². The van der Waals surface area contributed by atoms with Crippen LogP contribution in [0.2, 0.25) is 0 Å². The van der Waals surface area contributed by atoms with Gasteiger partial charge >= 0.3 is 5.97 Å². The zero-order valence-electron chi connectivity index (χ0n) is 12.6. The lowest BCUT2D eigenvalue weighted by Gasteiger charge is -2.23. The third kappa shape index (κ3) is 4.61. The number of hydrogen-bond donors (Lipinski definition) is 2. The molecule has 9 heteroatoms. The zero-order chi connectivity index (χ0) is 17.1. The molecule has 0 fully saturated rings. The predicted molar refractivity (Wildman–Crippen MR) is 89.5 cm³/mol. The highest BCUT2D eigenvalue weighted by Gasteiger charge is 2.28. The number of hydrogen-bond acceptors (Lipinski definition) is 7. The fourth-order valence-electron chi connectivity index (χ4n) is 1.97. The van der Waals surface area contributed by atoms with Crippen LogP contribution in [0.5, 0.6) is 0 Å². The van der Waals surface area contributed by atoms with Crippen molar-refractivity contribution in [2.75, 3.05) is 13.7 Å². The summed E-state index contributed by atoms with van der Waals surface area (Å²) >= 11 is 2.50. The summed E-state index contributed by atoms with van der Waals surface area (Å²) < 4.78 is 31.7. The van der Waals surface area contributed by atoms with Crippen LogP contribution in [0.4, 0.5) is 0 Å². The van der Waals surface area contributed by atoms with Crippen molar-refractivity contribution < 1.29 is 23.1 Å². The number of methoxy groups -OCH3 is 1. The summed E-state index contributed by atoms with van der Waals surface area (Å²) in [5, 5.41) is 15.7. The van der Waals surface area contributed by atoms with Crippen LogP contribution in [0.3, 0.4) is 0 Å². The van der Waals surface area contributed by atoms with E-state index >= 15 is 0 Å². The summed E-state index contributed by atoms with van der Waals surface area (Å²) in [6, 6.07) is 3.22. The lowest BCUT2D eigenvalue weighted by molar-refractivity contribution is 0.0602. The average molecular weight is 375 g/mol. The third-order valence-corrected chi connectivity index (χ3v) is 6.30. The average Bonchev–Trinajstić information content (AvgIpc) is 3.15. The van der Waals surface area contributed by atoms with Gasteiger partial charge < -0.3 is 9.84 Å². The standard InChI is InChI=1S/C14H17NO5S3/c1-14(17,7-10-3-5-21-8-10)9-15-23(18,19)11-4-6-22-12(11)13(16)20-2/h3-6,8,15,17H,7,9H2,1-2H3. The lowest BCUT2D eigenvalue weighted by Crippen LogP contribution is -2.42. The maximum absolute atomic E-state index is 12.4. The van der Waals surface area contributed by atoms with Crippen molar-refractivity contribution in [1.82, 2.24) is 4.72 Å². The molecule has 2 N–H and O–H groups in total. The van der Waals surface area contributed by atoms with Crippen molar-refractivity contribution in [1.29, 1.82) is 0 Å². The molecule has 0 amide bonds. The number of aliphatic hydroxyl groups is 1. The molecule has 2 aromatic heterocycles. The first-order valence-corrected chi connectivity index (χ1v) is 9.95. The Morgan fingerprint density at radius 3 is 2.74 bits per heavy atom. The smallest absolute Gasteiger partial charge is 0.349 e. The fraction of sp³-hybridized carbons (Fsp3) is 0.357. The Labute approximate surface area is 142 Å². The molecule has 0 radical (unpaired) electrons. The Morgan fingerprint density at radius 1 is 1.39 bits per heavy atom. The molecule has 0 saturated heterocycles. The predicted octanol–water partition coefficient (Wildman–Crippen LogP) is 1.87. The summed E-state index contributed by atoms with van der Waals surface area (Å²) in [6.45, 7) is 1.39. The van der Waals surface area contributed by atoms with Gasteiger partial charge in [-0.05, 0) is 40.8 Å². The number of sulfonamides is 1. The molecule has 0 aliphatic rings. The summed E-state index contributed by atoms with van der Waals surface area (Å²) in [5.41, 5.74) is -0.305. The van der Waals surface area contributed by atoms with Crippen LogP contribution in [0.25, 0.3) is 0 Å². The van der Waals surface area contributed by atoms with E-state index in [4.69, 9.17) is 0 Å². The van der Waals surface area contributed by atoms with Gasteiger partial charge in [-0.1, -0.05) is 0 Å². The highest BCUT2D eigenvalue weighted by molar-refractivity contribution is 7.89. The van der Waals surface area contributed by atoms with Crippen molar-refractivity contribution in [3.63, 3.8) is 0 Å². The van der Waals surface area contributed by atoms with Gasteiger partial charge in [-0.25, -0.2) is 17.9 Å². The van der Waals surface area contributed by atoms with E-state index < -0.39 is 21.6 Å². The quantitative estimate of drug-likeness (QED) is 0.721. The first-order chi connectivity index (χ1) is 10.7. The number of ether oxygens (including phenoxy) is 1. The van der Waals surface area contributed by atoms with E-state index in [-0.39, 0.29) is 16.3 Å². The molecule has 6 nitrogen and oxygen atoms in total. The summed E-state index contributed by atoms with van der Waals surface area (Å²) in [7, 11) is -2.72. The molecule has 0 aliphatic heterocycles. The van der Waals surface area contributed by atoms with Gasteiger partial charge in [0.15, 0.2) is 0 Å². The normalized spacial score (nSPS) is 14.4. The van der Waals surface area contributed by atoms with Crippen LogP contribution in [0.1, 0.15) is 22.2 Å². The van der Waals surface area contributed by atoms with Crippen LogP contribution in [-0.2, 0) is 21.2 Å². The Balaban J connectivity index is 2.10. The fourth-order valence-corrected chi connectivity index (χ4v) is 5.14. The first-order valence-electron chi connectivity index (χ1n) is 6.64. The molecule has 0 spiro atoms. The third-order valence-electron chi connectivity index (χ3n) is 3.10. The van der Waals surface area contributed by atoms with Crippen LogP contribution in [0, 0.1) is 0 Å². The Hall–Kier alpha value is -1.26. The number of rotatable bonds is 7. The van der Waals surface area contributed by atoms with Gasteiger partial charge in [-0.2, -0.15) is 11.3 Å². The first kappa shape index (κ1) is 18.1. The van der Waals surface area contributed by atoms with Crippen LogP contribution >= 0.6 is 22.7 Å². The molecule has 2 aromatic rings. The minimum atomic E-state index is -3.91. The van der Waals surface area contributed by atoms with Gasteiger partial charge in [0, 0.05) is 13.0 Å². The molecule has 23 heavy (non-hydrogen) atoms. The van der Waals surface area contributed by atoms with Crippen molar-refractivity contribution in [3.05, 3.63) is 38.7 Å². The van der Waals surface area contributed by atoms with Crippen LogP contribution in [0.15, 0.2) is 33.2 Å². The highest BCUT2D eigenvalue weighted by atomic mass is 32.2. The van der Waals surface area contributed by atoms with Crippen molar-refractivity contribution in [2.24, 2.45) is 0 Å². The van der Waals surface area contributed by atoms with Gasteiger partial charge in [-0.15, -0.1) is 11.3 Å². The van der Waals surface area contributed by atoms with Crippen molar-refractivity contribution in [2.45, 2.75) is 23.8 Å². The van der Waals surface area contributed by atoms with E-state index in [1.54, 1.807) is 6.92 Å². The van der Waals surface area contributed by atoms with Crippen molar-refractivity contribution >= 4 is 38.7 Å². The molecule has 0 bridgehead atoms. The molecular formula is C14H17NO5S3. The zero-order valence-corrected chi connectivity index (χ0v) is 15.1. The molecule has 0 aromatic carbocycles. The van der Waals surface area contributed by atoms with E-state index in [0.29, 0.717) is 6.42 Å². The van der Waals surface area contributed by atoms with Gasteiger partial charge in [0.05, 0.1) is 12.7 Å². The maximum atomic E-state index is 12.4. The monoisotopic (exact) mass is 375 g/mol. The van der Waals surface area contributed by atoms with E-state index in [9.17, 15) is 18.3 Å². The molecular weight excluding hydrogens is 358 g/mol. The lowest BCUT2D eigenvalue weighted by atomic mass is 9.99. The van der Waals surface area contributed by atoms with E-state index in [2.05, 4.69) is 9.46 Å². The number of carbonyl (C=O) groups is 1. The van der Waals surface area contributed by atoms with Gasteiger partial charge in [0.25, 0.3) is 0 Å². The maximum Gasteiger partial charge on any atom is 0.349 e.